The average Bonchev–Trinajstić information content (AvgIpc) is 2.46. The molecule has 0 aliphatic rings. The van der Waals surface area contributed by atoms with Gasteiger partial charge in [0.25, 0.3) is 5.69 Å². The van der Waals surface area contributed by atoms with Gasteiger partial charge in [0, 0.05) is 6.20 Å². The van der Waals surface area contributed by atoms with Crippen molar-refractivity contribution < 1.29 is 4.92 Å². The number of nitro groups is 1. The Morgan fingerprint density at radius 1 is 1.64 bits per heavy atom. The Morgan fingerprint density at radius 3 is 3.00 bits per heavy atom. The SMILES string of the molecule is O=[N+]([O-])c1cn(Br)c2nccc(Cl)c12. The molecule has 0 spiro atoms. The lowest BCUT2D eigenvalue weighted by Gasteiger charge is -1.92. The number of rotatable bonds is 1. The van der Waals surface area contributed by atoms with Crippen LogP contribution in [0.4, 0.5) is 5.69 Å². The first kappa shape index (κ1) is 9.42. The molecular weight excluding hydrogens is 273 g/mol. The number of fused-ring (bicyclic) bond motifs is 1. The molecule has 5 nitrogen and oxygen atoms in total. The molecule has 0 saturated heterocycles. The topological polar surface area (TPSA) is 61.0 Å². The Hall–Kier alpha value is -1.14. The molecule has 2 aromatic heterocycles. The summed E-state index contributed by atoms with van der Waals surface area (Å²) in [5, 5.41) is 11.3. The third kappa shape index (κ3) is 1.27. The second kappa shape index (κ2) is 3.21. The van der Waals surface area contributed by atoms with Crippen molar-refractivity contribution in [1.82, 2.24) is 8.58 Å². The number of halogens is 2. The van der Waals surface area contributed by atoms with Crippen LogP contribution in [-0.2, 0) is 0 Å². The van der Waals surface area contributed by atoms with E-state index in [0.717, 1.165) is 0 Å². The summed E-state index contributed by atoms with van der Waals surface area (Å²) < 4.78 is 1.40. The normalized spacial score (nSPS) is 10.7. The molecule has 0 aromatic carbocycles. The first-order valence-corrected chi connectivity index (χ1v) is 4.66. The fourth-order valence-electron chi connectivity index (χ4n) is 1.20. The molecule has 0 aliphatic carbocycles. The number of aromatic nitrogens is 2. The highest BCUT2D eigenvalue weighted by Crippen LogP contribution is 2.33. The highest BCUT2D eigenvalue weighted by Gasteiger charge is 2.20. The van der Waals surface area contributed by atoms with E-state index in [1.54, 1.807) is 0 Å². The maximum absolute atomic E-state index is 10.7. The van der Waals surface area contributed by atoms with Gasteiger partial charge in [-0.05, 0) is 6.07 Å². The Balaban J connectivity index is 2.93. The molecule has 7 heteroatoms. The second-order valence-corrected chi connectivity index (χ2v) is 3.75. The van der Waals surface area contributed by atoms with Gasteiger partial charge >= 0.3 is 0 Å². The van der Waals surface area contributed by atoms with E-state index < -0.39 is 4.92 Å². The summed E-state index contributed by atoms with van der Waals surface area (Å²) in [4.78, 5) is 14.1. The average molecular weight is 276 g/mol. The summed E-state index contributed by atoms with van der Waals surface area (Å²) >= 11 is 8.95. The van der Waals surface area contributed by atoms with Gasteiger partial charge in [-0.1, -0.05) is 11.6 Å². The van der Waals surface area contributed by atoms with Gasteiger partial charge in [-0.2, -0.15) is 0 Å². The first-order valence-electron chi connectivity index (χ1n) is 3.57. The molecule has 0 radical (unpaired) electrons. The lowest BCUT2D eigenvalue weighted by atomic mass is 10.3. The van der Waals surface area contributed by atoms with E-state index in [1.807, 2.05) is 0 Å². The van der Waals surface area contributed by atoms with E-state index in [4.69, 9.17) is 11.6 Å². The lowest BCUT2D eigenvalue weighted by Crippen LogP contribution is -1.85. The molecule has 0 unspecified atom stereocenters. The molecule has 0 aliphatic heterocycles. The Bertz CT molecular complexity index is 525. The van der Waals surface area contributed by atoms with Crippen molar-refractivity contribution in [3.05, 3.63) is 33.6 Å². The number of nitrogens with zero attached hydrogens (tertiary/aromatic N) is 3. The van der Waals surface area contributed by atoms with Crippen molar-refractivity contribution in [2.24, 2.45) is 0 Å². The zero-order chi connectivity index (χ0) is 10.3. The van der Waals surface area contributed by atoms with Crippen LogP contribution in [0.25, 0.3) is 11.0 Å². The molecule has 0 atom stereocenters. The monoisotopic (exact) mass is 275 g/mol. The predicted molar refractivity (Wildman–Crippen MR) is 55.7 cm³/mol. The molecule has 0 fully saturated rings. The van der Waals surface area contributed by atoms with Crippen molar-refractivity contribution in [2.75, 3.05) is 0 Å². The van der Waals surface area contributed by atoms with Gasteiger partial charge in [0.2, 0.25) is 0 Å². The molecule has 0 amide bonds. The summed E-state index contributed by atoms with van der Waals surface area (Å²) in [5.74, 6) is 0. The largest absolute Gasteiger partial charge is 0.298 e. The molecule has 2 aromatic rings. The molecule has 0 bridgehead atoms. The Morgan fingerprint density at radius 2 is 2.36 bits per heavy atom. The van der Waals surface area contributed by atoms with Crippen molar-refractivity contribution in [3.8, 4) is 0 Å². The van der Waals surface area contributed by atoms with Gasteiger partial charge in [0.1, 0.15) is 5.39 Å². The standard InChI is InChI=1S/C7H3BrClN3O2/c8-11-3-5(12(13)14)6-4(9)1-2-10-7(6)11/h1-3H. The fraction of sp³-hybridized carbons (Fsp3) is 0. The van der Waals surface area contributed by atoms with Crippen LogP contribution in [0.15, 0.2) is 18.5 Å². The van der Waals surface area contributed by atoms with E-state index in [9.17, 15) is 10.1 Å². The molecular formula is C7H3BrClN3O2. The van der Waals surface area contributed by atoms with Crippen molar-refractivity contribution in [1.29, 1.82) is 0 Å². The van der Waals surface area contributed by atoms with Crippen LogP contribution in [-0.4, -0.2) is 13.5 Å². The van der Waals surface area contributed by atoms with Gasteiger partial charge < -0.3 is 0 Å². The third-order valence-corrected chi connectivity index (χ3v) is 2.63. The van der Waals surface area contributed by atoms with Crippen molar-refractivity contribution in [3.63, 3.8) is 0 Å². The highest BCUT2D eigenvalue weighted by molar-refractivity contribution is 9.08. The van der Waals surface area contributed by atoms with Crippen LogP contribution < -0.4 is 0 Å². The molecule has 0 N–H and O–H groups in total. The minimum absolute atomic E-state index is 0.0602. The van der Waals surface area contributed by atoms with E-state index >= 15 is 0 Å². The van der Waals surface area contributed by atoms with Crippen LogP contribution in [0.1, 0.15) is 0 Å². The Labute approximate surface area is 91.8 Å². The molecule has 0 saturated carbocycles. The van der Waals surface area contributed by atoms with E-state index in [0.29, 0.717) is 16.1 Å². The zero-order valence-electron chi connectivity index (χ0n) is 6.65. The smallest absolute Gasteiger partial charge is 0.260 e. The maximum atomic E-state index is 10.7. The summed E-state index contributed by atoms with van der Waals surface area (Å²) in [6.07, 6.45) is 2.82. The third-order valence-electron chi connectivity index (χ3n) is 1.77. The zero-order valence-corrected chi connectivity index (χ0v) is 8.99. The van der Waals surface area contributed by atoms with Gasteiger partial charge in [0.05, 0.1) is 32.3 Å². The van der Waals surface area contributed by atoms with Crippen molar-refractivity contribution >= 4 is 44.5 Å². The summed E-state index contributed by atoms with van der Waals surface area (Å²) in [6.45, 7) is 0. The quantitative estimate of drug-likeness (QED) is 0.594. The van der Waals surface area contributed by atoms with Gasteiger partial charge in [-0.25, -0.2) is 4.98 Å². The van der Waals surface area contributed by atoms with Crippen LogP contribution in [0.5, 0.6) is 0 Å². The summed E-state index contributed by atoms with van der Waals surface area (Å²) in [5.41, 5.74) is 0.374. The first-order chi connectivity index (χ1) is 6.61. The second-order valence-electron chi connectivity index (χ2n) is 2.57. The van der Waals surface area contributed by atoms with E-state index in [-0.39, 0.29) is 5.69 Å². The van der Waals surface area contributed by atoms with E-state index in [2.05, 4.69) is 21.1 Å². The molecule has 2 heterocycles. The lowest BCUT2D eigenvalue weighted by molar-refractivity contribution is -0.383. The number of hydrogen-bond donors (Lipinski definition) is 0. The molecule has 14 heavy (non-hydrogen) atoms. The van der Waals surface area contributed by atoms with Crippen LogP contribution in [0.3, 0.4) is 0 Å². The van der Waals surface area contributed by atoms with Crippen molar-refractivity contribution in [2.45, 2.75) is 0 Å². The van der Waals surface area contributed by atoms with Gasteiger partial charge in [0.15, 0.2) is 5.65 Å². The van der Waals surface area contributed by atoms with Crippen LogP contribution >= 0.6 is 27.7 Å². The van der Waals surface area contributed by atoms with Crippen LogP contribution in [0, 0.1) is 10.1 Å². The Kier molecular flexibility index (Phi) is 2.16. The van der Waals surface area contributed by atoms with Gasteiger partial charge in [-0.15, -0.1) is 0 Å². The van der Waals surface area contributed by atoms with E-state index in [1.165, 1.54) is 22.1 Å². The maximum Gasteiger partial charge on any atom is 0.298 e. The molecule has 72 valence electrons. The molecule has 2 rings (SSSR count). The number of pyridine rings is 1. The minimum Gasteiger partial charge on any atom is -0.260 e. The summed E-state index contributed by atoms with van der Waals surface area (Å²) in [7, 11) is 0. The fourth-order valence-corrected chi connectivity index (χ4v) is 1.90. The van der Waals surface area contributed by atoms with Gasteiger partial charge in [-0.3, -0.25) is 13.7 Å². The minimum atomic E-state index is -0.492. The summed E-state index contributed by atoms with van der Waals surface area (Å²) in [6, 6.07) is 1.52. The number of hydrogen-bond acceptors (Lipinski definition) is 3. The van der Waals surface area contributed by atoms with Crippen LogP contribution in [0.2, 0.25) is 5.02 Å². The highest BCUT2D eigenvalue weighted by atomic mass is 79.9. The predicted octanol–water partition coefficient (Wildman–Crippen LogP) is 2.76.